The van der Waals surface area contributed by atoms with Crippen LogP contribution in [-0.2, 0) is 14.3 Å². The zero-order valence-corrected chi connectivity index (χ0v) is 20.8. The van der Waals surface area contributed by atoms with Crippen molar-refractivity contribution in [3.8, 4) is 0 Å². The summed E-state index contributed by atoms with van der Waals surface area (Å²) in [6, 6.07) is 8.35. The molecule has 0 heterocycles. The maximum Gasteiger partial charge on any atom is 0.340 e. The Hall–Kier alpha value is -1.58. The van der Waals surface area contributed by atoms with Gasteiger partial charge in [0.2, 0.25) is 0 Å². The van der Waals surface area contributed by atoms with Gasteiger partial charge in [0, 0.05) is 10.0 Å². The summed E-state index contributed by atoms with van der Waals surface area (Å²) in [4.78, 5) is 28.4. The molecule has 0 N–H and O–H groups in total. The van der Waals surface area contributed by atoms with Crippen LogP contribution in [0.3, 0.4) is 0 Å². The van der Waals surface area contributed by atoms with Crippen LogP contribution in [0.1, 0.15) is 20.7 Å². The molecule has 12 heteroatoms. The van der Waals surface area contributed by atoms with E-state index in [1.54, 1.807) is 0 Å². The minimum absolute atomic E-state index is 0.0251. The average Bonchev–Trinajstić information content (AvgIpc) is 2.73. The van der Waals surface area contributed by atoms with Crippen LogP contribution in [-0.4, -0.2) is 49.0 Å². The molecular weight excluding hydrogens is 575 g/mol. The number of oxime groups is 1. The van der Waals surface area contributed by atoms with Crippen molar-refractivity contribution in [2.24, 2.45) is 5.16 Å². The Kier molecular flexibility index (Phi) is 10.5. The third kappa shape index (κ3) is 7.49. The van der Waals surface area contributed by atoms with Gasteiger partial charge in [0.1, 0.15) is 13.7 Å². The first-order chi connectivity index (χ1) is 15.1. The van der Waals surface area contributed by atoms with Gasteiger partial charge in [0.15, 0.2) is 12.3 Å². The van der Waals surface area contributed by atoms with Crippen molar-refractivity contribution in [1.82, 2.24) is 0 Å². The number of carbonyl (C=O) groups is 2. The third-order valence-electron chi connectivity index (χ3n) is 3.90. The second kappa shape index (κ2) is 12.6. The van der Waals surface area contributed by atoms with E-state index in [4.69, 9.17) is 55.9 Å². The van der Waals surface area contributed by atoms with E-state index < -0.39 is 29.0 Å². The molecular formula is C20H15BrCl4FNO5. The fraction of sp³-hybridized carbons (Fsp3) is 0.250. The van der Waals surface area contributed by atoms with E-state index in [-0.39, 0.29) is 27.8 Å². The molecule has 2 rings (SSSR count). The zero-order valence-electron chi connectivity index (χ0n) is 16.2. The summed E-state index contributed by atoms with van der Waals surface area (Å²) in [5.41, 5.74) is 0.0385. The highest BCUT2D eigenvalue weighted by Crippen LogP contribution is 2.25. The molecule has 0 bridgehead atoms. The highest BCUT2D eigenvalue weighted by atomic mass is 79.9. The quantitative estimate of drug-likeness (QED) is 0.146. The molecule has 0 saturated heterocycles. The Morgan fingerprint density at radius 3 is 2.06 bits per heavy atom. The van der Waals surface area contributed by atoms with Gasteiger partial charge in [0.25, 0.3) is 0 Å². The molecule has 0 aliphatic carbocycles. The fourth-order valence-corrected chi connectivity index (χ4v) is 3.87. The molecule has 0 spiro atoms. The van der Waals surface area contributed by atoms with Crippen molar-refractivity contribution < 1.29 is 28.3 Å². The molecule has 6 nitrogen and oxygen atoms in total. The van der Waals surface area contributed by atoms with E-state index >= 15 is 0 Å². The van der Waals surface area contributed by atoms with Gasteiger partial charge in [-0.25, -0.2) is 14.0 Å². The third-order valence-corrected chi connectivity index (χ3v) is 5.78. The minimum Gasteiger partial charge on any atom is -0.461 e. The van der Waals surface area contributed by atoms with Crippen LogP contribution in [0.2, 0.25) is 20.1 Å². The Balaban J connectivity index is 2.15. The standard InChI is InChI=1S/C20H15BrCl4FNO5/c1-30-27-8-17(26)18(32-20(29)13-5-3-11(23)7-16(13)25)14(21)9-31-19(28)12-4-2-10(22)6-15(12)24/h2-8,14,17-18H,9H2,1H3. The highest BCUT2D eigenvalue weighted by Gasteiger charge is 2.33. The number of benzene rings is 2. The molecule has 3 atom stereocenters. The van der Waals surface area contributed by atoms with E-state index in [2.05, 4.69) is 25.9 Å². The van der Waals surface area contributed by atoms with E-state index in [0.29, 0.717) is 10.0 Å². The Labute approximate surface area is 211 Å². The lowest BCUT2D eigenvalue weighted by molar-refractivity contribution is 0.00848. The molecule has 0 aliphatic rings. The van der Waals surface area contributed by atoms with Gasteiger partial charge in [0.05, 0.1) is 32.2 Å². The number of ether oxygens (including phenoxy) is 2. The summed E-state index contributed by atoms with van der Waals surface area (Å²) >= 11 is 26.8. The zero-order chi connectivity index (χ0) is 23.8. The van der Waals surface area contributed by atoms with Gasteiger partial charge >= 0.3 is 11.9 Å². The van der Waals surface area contributed by atoms with Crippen LogP contribution in [0.5, 0.6) is 0 Å². The summed E-state index contributed by atoms with van der Waals surface area (Å²) in [6.07, 6.45) is -2.57. The number of halogens is 6. The predicted molar refractivity (Wildman–Crippen MR) is 126 cm³/mol. The lowest BCUT2D eigenvalue weighted by Gasteiger charge is -2.24. The van der Waals surface area contributed by atoms with Gasteiger partial charge in [-0.05, 0) is 36.4 Å². The second-order valence-corrected chi connectivity index (χ2v) is 8.98. The smallest absolute Gasteiger partial charge is 0.340 e. The molecule has 0 aliphatic heterocycles. The van der Waals surface area contributed by atoms with Crippen LogP contribution in [0.25, 0.3) is 0 Å². The monoisotopic (exact) mass is 587 g/mol. The number of esters is 2. The van der Waals surface area contributed by atoms with Gasteiger partial charge in [-0.15, -0.1) is 0 Å². The van der Waals surface area contributed by atoms with Gasteiger partial charge in [-0.3, -0.25) is 0 Å². The molecule has 0 radical (unpaired) electrons. The van der Waals surface area contributed by atoms with Crippen LogP contribution >= 0.6 is 62.3 Å². The molecule has 0 fully saturated rings. The van der Waals surface area contributed by atoms with E-state index in [1.807, 2.05) is 0 Å². The average molecular weight is 590 g/mol. The number of hydrogen-bond acceptors (Lipinski definition) is 6. The fourth-order valence-electron chi connectivity index (χ4n) is 2.37. The van der Waals surface area contributed by atoms with Gasteiger partial charge in [-0.2, -0.15) is 0 Å². The summed E-state index contributed by atoms with van der Waals surface area (Å²) in [5, 5.41) is 4.12. The lowest BCUT2D eigenvalue weighted by atomic mass is 10.1. The maximum absolute atomic E-state index is 14.7. The summed E-state index contributed by atoms with van der Waals surface area (Å²) in [6.45, 7) is -0.370. The Morgan fingerprint density at radius 2 is 1.56 bits per heavy atom. The van der Waals surface area contributed by atoms with Crippen molar-refractivity contribution in [3.05, 3.63) is 67.6 Å². The van der Waals surface area contributed by atoms with E-state index in [1.165, 1.54) is 43.5 Å². The SMILES string of the molecule is CON=CC(F)C(OC(=O)c1ccc(Cl)cc1Cl)C(Br)COC(=O)c1ccc(Cl)cc1Cl. The normalized spacial score (nSPS) is 14.0. The van der Waals surface area contributed by atoms with Gasteiger partial charge < -0.3 is 14.3 Å². The molecule has 0 saturated carbocycles. The van der Waals surface area contributed by atoms with E-state index in [9.17, 15) is 14.0 Å². The second-order valence-electron chi connectivity index (χ2n) is 6.11. The first kappa shape index (κ1) is 26.7. The molecule has 0 aromatic heterocycles. The molecule has 32 heavy (non-hydrogen) atoms. The van der Waals surface area contributed by atoms with Crippen molar-refractivity contribution in [2.45, 2.75) is 17.1 Å². The maximum atomic E-state index is 14.7. The van der Waals surface area contributed by atoms with Crippen molar-refractivity contribution in [2.75, 3.05) is 13.7 Å². The van der Waals surface area contributed by atoms with E-state index in [0.717, 1.165) is 6.21 Å². The summed E-state index contributed by atoms with van der Waals surface area (Å²) < 4.78 is 25.2. The van der Waals surface area contributed by atoms with Crippen molar-refractivity contribution in [1.29, 1.82) is 0 Å². The Morgan fingerprint density at radius 1 is 1.03 bits per heavy atom. The van der Waals surface area contributed by atoms with Gasteiger partial charge in [-0.1, -0.05) is 67.5 Å². The van der Waals surface area contributed by atoms with Crippen LogP contribution in [0, 0.1) is 0 Å². The summed E-state index contributed by atoms with van der Waals surface area (Å²) in [5.74, 6) is -1.69. The number of hydrogen-bond donors (Lipinski definition) is 0. The van der Waals surface area contributed by atoms with Crippen LogP contribution < -0.4 is 0 Å². The summed E-state index contributed by atoms with van der Waals surface area (Å²) in [7, 11) is 1.22. The topological polar surface area (TPSA) is 74.2 Å². The molecule has 2 aromatic carbocycles. The molecule has 2 aromatic rings. The molecule has 3 unspecified atom stereocenters. The lowest BCUT2D eigenvalue weighted by Crippen LogP contribution is -2.40. The first-order valence-corrected chi connectivity index (χ1v) is 11.2. The van der Waals surface area contributed by atoms with Crippen LogP contribution in [0.15, 0.2) is 41.6 Å². The Bertz CT molecular complexity index is 1010. The largest absolute Gasteiger partial charge is 0.461 e. The predicted octanol–water partition coefficient (Wildman–Crippen LogP) is 6.42. The number of rotatable bonds is 9. The molecule has 0 amide bonds. The van der Waals surface area contributed by atoms with Crippen molar-refractivity contribution >= 4 is 80.5 Å². The number of nitrogens with zero attached hydrogens (tertiary/aromatic N) is 1. The highest BCUT2D eigenvalue weighted by molar-refractivity contribution is 9.09. The van der Waals surface area contributed by atoms with Crippen molar-refractivity contribution in [3.63, 3.8) is 0 Å². The van der Waals surface area contributed by atoms with Crippen LogP contribution in [0.4, 0.5) is 4.39 Å². The minimum atomic E-state index is -1.91. The number of alkyl halides is 2. The number of carbonyl (C=O) groups excluding carboxylic acids is 2. The first-order valence-electron chi connectivity index (χ1n) is 8.77. The molecule has 172 valence electrons.